The lowest BCUT2D eigenvalue weighted by atomic mass is 10.2. The number of hydrogen-bond donors (Lipinski definition) is 1. The molecule has 0 unspecified atom stereocenters. The summed E-state index contributed by atoms with van der Waals surface area (Å²) in [5, 5.41) is 4.13. The summed E-state index contributed by atoms with van der Waals surface area (Å²) in [4.78, 5) is 0. The Hall–Kier alpha value is -3.63. The molecule has 0 atom stereocenters. The highest BCUT2D eigenvalue weighted by atomic mass is 35.5. The maximum atomic E-state index is 6.24. The first-order valence-electron chi connectivity index (χ1n) is 10.9. The molecule has 0 bridgehead atoms. The number of benzene rings is 4. The van der Waals surface area contributed by atoms with E-state index in [1.54, 1.807) is 0 Å². The Kier molecular flexibility index (Phi) is 7.72. The molecule has 4 aromatic carbocycles. The standard InChI is InChI=1S/C28H26ClNO3/c1-2-31-28-18-21(12-17-27(28)32-20-22-8-6-7-11-26(22)29)19-30-23-13-15-25(16-14-23)33-24-9-4-3-5-10-24/h3-18,30H,2,19-20H2,1H3. The average Bonchev–Trinajstić information content (AvgIpc) is 2.85. The average molecular weight is 460 g/mol. The van der Waals surface area contributed by atoms with E-state index in [0.29, 0.717) is 30.5 Å². The van der Waals surface area contributed by atoms with Gasteiger partial charge in [-0.25, -0.2) is 0 Å². The third-order valence-corrected chi connectivity index (χ3v) is 5.35. The quantitative estimate of drug-likeness (QED) is 0.263. The van der Waals surface area contributed by atoms with Crippen molar-refractivity contribution >= 4 is 17.3 Å². The highest BCUT2D eigenvalue weighted by molar-refractivity contribution is 6.31. The summed E-state index contributed by atoms with van der Waals surface area (Å²) < 4.78 is 17.7. The lowest BCUT2D eigenvalue weighted by Crippen LogP contribution is -2.03. The molecule has 0 fully saturated rings. The highest BCUT2D eigenvalue weighted by Crippen LogP contribution is 2.30. The normalized spacial score (nSPS) is 10.5. The van der Waals surface area contributed by atoms with Crippen molar-refractivity contribution in [2.75, 3.05) is 11.9 Å². The lowest BCUT2D eigenvalue weighted by molar-refractivity contribution is 0.269. The van der Waals surface area contributed by atoms with E-state index in [0.717, 1.165) is 34.1 Å². The Morgan fingerprint density at radius 2 is 1.45 bits per heavy atom. The zero-order chi connectivity index (χ0) is 22.9. The molecule has 0 aliphatic rings. The summed E-state index contributed by atoms with van der Waals surface area (Å²) in [6.45, 7) is 3.56. The summed E-state index contributed by atoms with van der Waals surface area (Å²) >= 11 is 6.24. The molecule has 0 heterocycles. The van der Waals surface area contributed by atoms with E-state index in [9.17, 15) is 0 Å². The summed E-state index contributed by atoms with van der Waals surface area (Å²) in [7, 11) is 0. The van der Waals surface area contributed by atoms with Gasteiger partial charge < -0.3 is 19.5 Å². The molecule has 0 aliphatic carbocycles. The fraction of sp³-hybridized carbons (Fsp3) is 0.143. The van der Waals surface area contributed by atoms with Crippen molar-refractivity contribution in [1.29, 1.82) is 0 Å². The third-order valence-electron chi connectivity index (χ3n) is 4.98. The smallest absolute Gasteiger partial charge is 0.161 e. The van der Waals surface area contributed by atoms with Gasteiger partial charge in [0.25, 0.3) is 0 Å². The Balaban J connectivity index is 1.36. The van der Waals surface area contributed by atoms with Crippen LogP contribution in [-0.2, 0) is 13.2 Å². The molecule has 0 amide bonds. The monoisotopic (exact) mass is 459 g/mol. The number of hydrogen-bond acceptors (Lipinski definition) is 4. The van der Waals surface area contributed by atoms with Gasteiger partial charge in [-0.1, -0.05) is 54.1 Å². The molecule has 0 aromatic heterocycles. The fourth-order valence-electron chi connectivity index (χ4n) is 3.29. The van der Waals surface area contributed by atoms with Gasteiger partial charge >= 0.3 is 0 Å². The predicted molar refractivity (Wildman–Crippen MR) is 134 cm³/mol. The van der Waals surface area contributed by atoms with Gasteiger partial charge in [0.15, 0.2) is 11.5 Å². The second kappa shape index (κ2) is 11.3. The lowest BCUT2D eigenvalue weighted by Gasteiger charge is -2.15. The van der Waals surface area contributed by atoms with Crippen LogP contribution in [-0.4, -0.2) is 6.61 Å². The molecule has 0 radical (unpaired) electrons. The van der Waals surface area contributed by atoms with Crippen LogP contribution in [0.3, 0.4) is 0 Å². The SMILES string of the molecule is CCOc1cc(CNc2ccc(Oc3ccccc3)cc2)ccc1OCc1ccccc1Cl. The number of rotatable bonds is 10. The molecule has 0 saturated heterocycles. The second-order valence-corrected chi connectivity index (χ2v) is 7.79. The molecule has 0 spiro atoms. The molecular weight excluding hydrogens is 434 g/mol. The van der Waals surface area contributed by atoms with E-state index in [2.05, 4.69) is 5.32 Å². The predicted octanol–water partition coefficient (Wildman–Crippen LogP) is 7.72. The van der Waals surface area contributed by atoms with Gasteiger partial charge in [0.05, 0.1) is 6.61 Å². The van der Waals surface area contributed by atoms with Crippen LogP contribution in [0.5, 0.6) is 23.0 Å². The largest absolute Gasteiger partial charge is 0.490 e. The molecule has 0 aliphatic heterocycles. The fourth-order valence-corrected chi connectivity index (χ4v) is 3.48. The van der Waals surface area contributed by atoms with Crippen LogP contribution in [0, 0.1) is 0 Å². The van der Waals surface area contributed by atoms with Crippen LogP contribution in [0.4, 0.5) is 5.69 Å². The molecule has 5 heteroatoms. The van der Waals surface area contributed by atoms with Crippen LogP contribution in [0.1, 0.15) is 18.1 Å². The Morgan fingerprint density at radius 1 is 0.727 bits per heavy atom. The van der Waals surface area contributed by atoms with Gasteiger partial charge in [0, 0.05) is 22.8 Å². The van der Waals surface area contributed by atoms with Gasteiger partial charge in [-0.15, -0.1) is 0 Å². The first-order valence-corrected chi connectivity index (χ1v) is 11.3. The van der Waals surface area contributed by atoms with E-state index in [4.69, 9.17) is 25.8 Å². The van der Waals surface area contributed by atoms with Crippen molar-refractivity contribution in [3.63, 3.8) is 0 Å². The van der Waals surface area contributed by atoms with Crippen molar-refractivity contribution in [1.82, 2.24) is 0 Å². The van der Waals surface area contributed by atoms with Crippen LogP contribution in [0.2, 0.25) is 5.02 Å². The van der Waals surface area contributed by atoms with E-state index in [-0.39, 0.29) is 0 Å². The molecular formula is C28H26ClNO3. The van der Waals surface area contributed by atoms with Crippen LogP contribution in [0.15, 0.2) is 97.1 Å². The molecule has 168 valence electrons. The molecule has 4 aromatic rings. The van der Waals surface area contributed by atoms with Gasteiger partial charge in [-0.05, 0) is 67.1 Å². The minimum atomic E-state index is 0.384. The van der Waals surface area contributed by atoms with E-state index < -0.39 is 0 Å². The first-order chi connectivity index (χ1) is 16.2. The summed E-state index contributed by atoms with van der Waals surface area (Å²) in [5.41, 5.74) is 3.03. The Morgan fingerprint density at radius 3 is 2.21 bits per heavy atom. The highest BCUT2D eigenvalue weighted by Gasteiger charge is 2.09. The van der Waals surface area contributed by atoms with Crippen molar-refractivity contribution in [3.8, 4) is 23.0 Å². The maximum absolute atomic E-state index is 6.24. The zero-order valence-corrected chi connectivity index (χ0v) is 19.2. The Labute approximate surface area is 199 Å². The summed E-state index contributed by atoms with van der Waals surface area (Å²) in [6.07, 6.45) is 0. The minimum Gasteiger partial charge on any atom is -0.490 e. The van der Waals surface area contributed by atoms with Gasteiger partial charge in [0.1, 0.15) is 18.1 Å². The number of para-hydroxylation sites is 1. The molecule has 0 saturated carbocycles. The number of nitrogens with one attached hydrogen (secondary N) is 1. The van der Waals surface area contributed by atoms with Crippen LogP contribution < -0.4 is 19.5 Å². The van der Waals surface area contributed by atoms with Crippen LogP contribution in [0.25, 0.3) is 0 Å². The molecule has 33 heavy (non-hydrogen) atoms. The number of halogens is 1. The molecule has 4 nitrogen and oxygen atoms in total. The first kappa shape index (κ1) is 22.6. The Bertz CT molecular complexity index is 1160. The third kappa shape index (κ3) is 6.43. The van der Waals surface area contributed by atoms with Gasteiger partial charge in [-0.3, -0.25) is 0 Å². The van der Waals surface area contributed by atoms with Crippen molar-refractivity contribution < 1.29 is 14.2 Å². The molecule has 1 N–H and O–H groups in total. The van der Waals surface area contributed by atoms with Gasteiger partial charge in [0.2, 0.25) is 0 Å². The van der Waals surface area contributed by atoms with Gasteiger partial charge in [-0.2, -0.15) is 0 Å². The zero-order valence-electron chi connectivity index (χ0n) is 18.5. The summed E-state index contributed by atoms with van der Waals surface area (Å²) in [5.74, 6) is 3.03. The molecule has 4 rings (SSSR count). The second-order valence-electron chi connectivity index (χ2n) is 7.39. The number of anilines is 1. The minimum absolute atomic E-state index is 0.384. The van der Waals surface area contributed by atoms with E-state index in [1.807, 2.05) is 104 Å². The van der Waals surface area contributed by atoms with Crippen molar-refractivity contribution in [2.45, 2.75) is 20.1 Å². The topological polar surface area (TPSA) is 39.7 Å². The van der Waals surface area contributed by atoms with E-state index in [1.165, 1.54) is 0 Å². The summed E-state index contributed by atoms with van der Waals surface area (Å²) in [6, 6.07) is 31.3. The van der Waals surface area contributed by atoms with Crippen LogP contribution >= 0.6 is 11.6 Å². The van der Waals surface area contributed by atoms with E-state index >= 15 is 0 Å². The van der Waals surface area contributed by atoms with Crippen molar-refractivity contribution in [2.24, 2.45) is 0 Å². The maximum Gasteiger partial charge on any atom is 0.161 e. The number of ether oxygens (including phenoxy) is 3. The van der Waals surface area contributed by atoms with Crippen molar-refractivity contribution in [3.05, 3.63) is 113 Å².